The second kappa shape index (κ2) is 5.99. The van der Waals surface area contributed by atoms with Crippen LogP contribution in [-0.2, 0) is 12.8 Å². The summed E-state index contributed by atoms with van der Waals surface area (Å²) in [7, 11) is 0. The van der Waals surface area contributed by atoms with Gasteiger partial charge in [-0.3, -0.25) is 4.57 Å². The molecule has 2 heterocycles. The van der Waals surface area contributed by atoms with E-state index >= 15 is 0 Å². The third-order valence-electron chi connectivity index (χ3n) is 4.02. The molecule has 0 saturated heterocycles. The van der Waals surface area contributed by atoms with E-state index in [-0.39, 0.29) is 0 Å². The summed E-state index contributed by atoms with van der Waals surface area (Å²) in [5, 5.41) is 8.46. The second-order valence-electron chi connectivity index (χ2n) is 6.02. The molecule has 1 aliphatic heterocycles. The lowest BCUT2D eigenvalue weighted by Crippen LogP contribution is -2.09. The minimum Gasteiger partial charge on any atom is -0.290 e. The normalized spacial score (nSPS) is 14.1. The predicted molar refractivity (Wildman–Crippen MR) is 81.4 cm³/mol. The largest absolute Gasteiger partial charge is 0.290 e. The van der Waals surface area contributed by atoms with Crippen LogP contribution in [-0.4, -0.2) is 14.8 Å². The van der Waals surface area contributed by atoms with Crippen molar-refractivity contribution in [3.8, 4) is 0 Å². The zero-order valence-corrected chi connectivity index (χ0v) is 12.8. The van der Waals surface area contributed by atoms with Crippen molar-refractivity contribution in [2.75, 3.05) is 0 Å². The van der Waals surface area contributed by atoms with Crippen molar-refractivity contribution in [1.29, 1.82) is 0 Å². The summed E-state index contributed by atoms with van der Waals surface area (Å²) in [5.74, 6) is 1.25. The molecule has 1 aliphatic rings. The molecule has 0 fully saturated rings. The molecular weight excluding hydrogens is 284 g/mol. The SMILES string of the molecule is CC(C)c1nnc2n1C=C(CCc1ccc(F)cc1F)CC2. The molecule has 0 saturated carbocycles. The van der Waals surface area contributed by atoms with Gasteiger partial charge >= 0.3 is 0 Å². The second-order valence-corrected chi connectivity index (χ2v) is 6.02. The first kappa shape index (κ1) is 14.9. The van der Waals surface area contributed by atoms with Crippen LogP contribution in [0.25, 0.3) is 6.20 Å². The number of allylic oxidation sites excluding steroid dienone is 1. The van der Waals surface area contributed by atoms with E-state index in [1.54, 1.807) is 0 Å². The van der Waals surface area contributed by atoms with Gasteiger partial charge in [0.1, 0.15) is 23.3 Å². The number of aryl methyl sites for hydroxylation is 2. The van der Waals surface area contributed by atoms with Crippen LogP contribution in [0.4, 0.5) is 8.78 Å². The van der Waals surface area contributed by atoms with Gasteiger partial charge in [-0.15, -0.1) is 10.2 Å². The van der Waals surface area contributed by atoms with E-state index in [2.05, 4.69) is 34.8 Å². The smallest absolute Gasteiger partial charge is 0.139 e. The molecule has 0 spiro atoms. The Morgan fingerprint density at radius 1 is 1.14 bits per heavy atom. The Morgan fingerprint density at radius 2 is 1.95 bits per heavy atom. The Kier molecular flexibility index (Phi) is 4.05. The minimum absolute atomic E-state index is 0.311. The highest BCUT2D eigenvalue weighted by Crippen LogP contribution is 2.25. The van der Waals surface area contributed by atoms with E-state index in [4.69, 9.17) is 0 Å². The van der Waals surface area contributed by atoms with Crippen molar-refractivity contribution in [2.24, 2.45) is 0 Å². The molecule has 0 unspecified atom stereocenters. The molecule has 1 aromatic heterocycles. The lowest BCUT2D eigenvalue weighted by atomic mass is 9.99. The van der Waals surface area contributed by atoms with E-state index in [0.717, 1.165) is 37.0 Å². The number of benzene rings is 1. The quantitative estimate of drug-likeness (QED) is 0.851. The van der Waals surface area contributed by atoms with Crippen LogP contribution in [0.1, 0.15) is 49.8 Å². The fraction of sp³-hybridized carbons (Fsp3) is 0.412. The van der Waals surface area contributed by atoms with Crippen molar-refractivity contribution in [2.45, 2.75) is 45.4 Å². The average molecular weight is 303 g/mol. The lowest BCUT2D eigenvalue weighted by Gasteiger charge is -2.16. The van der Waals surface area contributed by atoms with Crippen LogP contribution in [0.5, 0.6) is 0 Å². The number of hydrogen-bond donors (Lipinski definition) is 0. The molecule has 3 nitrogen and oxygen atoms in total. The Bertz CT molecular complexity index is 717. The summed E-state index contributed by atoms with van der Waals surface area (Å²) < 4.78 is 28.7. The van der Waals surface area contributed by atoms with Crippen LogP contribution in [0.15, 0.2) is 23.8 Å². The highest BCUT2D eigenvalue weighted by atomic mass is 19.1. The van der Waals surface area contributed by atoms with Gasteiger partial charge < -0.3 is 0 Å². The Balaban J connectivity index is 1.76. The van der Waals surface area contributed by atoms with Crippen molar-refractivity contribution < 1.29 is 8.78 Å². The molecule has 0 aliphatic carbocycles. The van der Waals surface area contributed by atoms with Gasteiger partial charge in [0.2, 0.25) is 0 Å². The van der Waals surface area contributed by atoms with Gasteiger partial charge in [-0.1, -0.05) is 25.5 Å². The Morgan fingerprint density at radius 3 is 2.68 bits per heavy atom. The van der Waals surface area contributed by atoms with E-state index in [0.29, 0.717) is 17.9 Å². The van der Waals surface area contributed by atoms with Crippen LogP contribution in [0.3, 0.4) is 0 Å². The summed E-state index contributed by atoms with van der Waals surface area (Å²) in [6.45, 7) is 4.18. The summed E-state index contributed by atoms with van der Waals surface area (Å²) in [4.78, 5) is 0. The fourth-order valence-corrected chi connectivity index (χ4v) is 2.77. The zero-order chi connectivity index (χ0) is 15.7. The van der Waals surface area contributed by atoms with Crippen LogP contribution in [0.2, 0.25) is 0 Å². The van der Waals surface area contributed by atoms with Crippen molar-refractivity contribution in [3.05, 3.63) is 52.6 Å². The summed E-state index contributed by atoms with van der Waals surface area (Å²) in [6, 6.07) is 3.78. The molecule has 0 bridgehead atoms. The van der Waals surface area contributed by atoms with E-state index < -0.39 is 11.6 Å². The predicted octanol–water partition coefficient (Wildman–Crippen LogP) is 4.10. The summed E-state index contributed by atoms with van der Waals surface area (Å²) in [5.41, 5.74) is 1.80. The molecule has 3 rings (SSSR count). The Hall–Kier alpha value is -2.04. The van der Waals surface area contributed by atoms with Crippen molar-refractivity contribution >= 4 is 6.20 Å². The van der Waals surface area contributed by atoms with Crippen LogP contribution >= 0.6 is 0 Å². The third-order valence-corrected chi connectivity index (χ3v) is 4.02. The maximum absolute atomic E-state index is 13.7. The highest BCUT2D eigenvalue weighted by molar-refractivity contribution is 5.38. The fourth-order valence-electron chi connectivity index (χ4n) is 2.77. The maximum Gasteiger partial charge on any atom is 0.139 e. The van der Waals surface area contributed by atoms with Gasteiger partial charge in [0.25, 0.3) is 0 Å². The van der Waals surface area contributed by atoms with Crippen LogP contribution in [0, 0.1) is 11.6 Å². The monoisotopic (exact) mass is 303 g/mol. The number of rotatable bonds is 4. The first-order chi connectivity index (χ1) is 10.5. The number of hydrogen-bond acceptors (Lipinski definition) is 2. The van der Waals surface area contributed by atoms with E-state index in [1.807, 2.05) is 0 Å². The van der Waals surface area contributed by atoms with Gasteiger partial charge in [-0.25, -0.2) is 8.78 Å². The Labute approximate surface area is 128 Å². The molecule has 116 valence electrons. The van der Waals surface area contributed by atoms with Gasteiger partial charge in [0.15, 0.2) is 0 Å². The summed E-state index contributed by atoms with van der Waals surface area (Å²) in [6.07, 6.45) is 5.19. The molecule has 0 radical (unpaired) electrons. The first-order valence-corrected chi connectivity index (χ1v) is 7.61. The third kappa shape index (κ3) is 2.93. The van der Waals surface area contributed by atoms with Crippen LogP contribution < -0.4 is 0 Å². The molecular formula is C17H19F2N3. The zero-order valence-electron chi connectivity index (χ0n) is 12.8. The topological polar surface area (TPSA) is 30.7 Å². The van der Waals surface area contributed by atoms with Gasteiger partial charge in [-0.2, -0.15) is 0 Å². The number of aromatic nitrogens is 3. The molecule has 5 heteroatoms. The minimum atomic E-state index is -0.533. The van der Waals surface area contributed by atoms with Crippen molar-refractivity contribution in [3.63, 3.8) is 0 Å². The standard InChI is InChI=1S/C17H19F2N3/c1-11(2)17-21-20-16-8-4-12(10-22(16)17)3-5-13-6-7-14(18)9-15(13)19/h6-7,9-11H,3-5,8H2,1-2H3. The molecule has 0 amide bonds. The molecule has 0 N–H and O–H groups in total. The van der Waals surface area contributed by atoms with Crippen molar-refractivity contribution in [1.82, 2.24) is 14.8 Å². The average Bonchev–Trinajstić information content (AvgIpc) is 2.89. The van der Waals surface area contributed by atoms with Gasteiger partial charge in [-0.05, 0) is 30.9 Å². The van der Waals surface area contributed by atoms with E-state index in [9.17, 15) is 8.78 Å². The van der Waals surface area contributed by atoms with Gasteiger partial charge in [0.05, 0.1) is 0 Å². The number of halogens is 2. The molecule has 2 aromatic rings. The number of nitrogens with zero attached hydrogens (tertiary/aromatic N) is 3. The summed E-state index contributed by atoms with van der Waals surface area (Å²) >= 11 is 0. The van der Waals surface area contributed by atoms with E-state index in [1.165, 1.54) is 17.7 Å². The van der Waals surface area contributed by atoms with Gasteiger partial charge in [0, 0.05) is 24.6 Å². The lowest BCUT2D eigenvalue weighted by molar-refractivity contribution is 0.570. The molecule has 22 heavy (non-hydrogen) atoms. The highest BCUT2D eigenvalue weighted by Gasteiger charge is 2.18. The maximum atomic E-state index is 13.7. The first-order valence-electron chi connectivity index (χ1n) is 7.61. The molecule has 0 atom stereocenters. The number of fused-ring (bicyclic) bond motifs is 1. The molecule has 1 aromatic carbocycles.